The van der Waals surface area contributed by atoms with Crippen molar-refractivity contribution in [3.8, 4) is 5.75 Å². The van der Waals surface area contributed by atoms with Crippen LogP contribution in [0, 0.1) is 5.41 Å². The van der Waals surface area contributed by atoms with Gasteiger partial charge in [-0.05, 0) is 53.9 Å². The predicted octanol–water partition coefficient (Wildman–Crippen LogP) is 3.05. The van der Waals surface area contributed by atoms with Crippen LogP contribution in [-0.2, 0) is 0 Å². The number of benzene rings is 2. The molecule has 0 spiro atoms. The molecule has 0 aliphatic heterocycles. The lowest BCUT2D eigenvalue weighted by molar-refractivity contribution is 0.0938. The molecule has 0 aliphatic carbocycles. The highest BCUT2D eigenvalue weighted by Crippen LogP contribution is 2.17. The number of nitrogens with one attached hydrogen (secondary N) is 2. The van der Waals surface area contributed by atoms with E-state index in [1.807, 2.05) is 0 Å². The summed E-state index contributed by atoms with van der Waals surface area (Å²) in [6, 6.07) is 13.6. The summed E-state index contributed by atoms with van der Waals surface area (Å²) in [5.41, 5.74) is 7.07. The van der Waals surface area contributed by atoms with E-state index in [0.29, 0.717) is 42.3 Å². The van der Waals surface area contributed by atoms with E-state index in [-0.39, 0.29) is 17.2 Å². The summed E-state index contributed by atoms with van der Waals surface area (Å²) in [5.74, 6) is 0.307. The first-order valence-electron chi connectivity index (χ1n) is 8.91. The van der Waals surface area contributed by atoms with Gasteiger partial charge < -0.3 is 21.1 Å². The van der Waals surface area contributed by atoms with Crippen LogP contribution in [0.15, 0.2) is 48.5 Å². The van der Waals surface area contributed by atoms with Gasteiger partial charge in [0.15, 0.2) is 0 Å². The van der Waals surface area contributed by atoms with Crippen molar-refractivity contribution in [3.63, 3.8) is 0 Å². The minimum absolute atomic E-state index is 0.0143. The molecule has 2 aromatic rings. The molecule has 0 aromatic heterocycles. The van der Waals surface area contributed by atoms with E-state index in [1.165, 1.54) is 0 Å². The molecule has 2 rings (SSSR count). The van der Waals surface area contributed by atoms with Crippen molar-refractivity contribution in [1.29, 1.82) is 0 Å². The molecular formula is C21H27N3O3. The molecule has 0 unspecified atom stereocenters. The maximum Gasteiger partial charge on any atom is 0.255 e. The van der Waals surface area contributed by atoms with E-state index < -0.39 is 0 Å². The van der Waals surface area contributed by atoms with Crippen molar-refractivity contribution in [2.24, 2.45) is 11.1 Å². The van der Waals surface area contributed by atoms with Crippen molar-refractivity contribution in [1.82, 2.24) is 5.32 Å². The van der Waals surface area contributed by atoms with Crippen molar-refractivity contribution in [2.45, 2.75) is 20.8 Å². The lowest BCUT2D eigenvalue weighted by Crippen LogP contribution is -2.32. The zero-order chi connectivity index (χ0) is 19.9. The Hall–Kier alpha value is -2.86. The lowest BCUT2D eigenvalue weighted by atomic mass is 9.97. The molecular weight excluding hydrogens is 342 g/mol. The molecule has 144 valence electrons. The molecule has 6 nitrogen and oxygen atoms in total. The summed E-state index contributed by atoms with van der Waals surface area (Å²) in [6.07, 6.45) is 0. The summed E-state index contributed by atoms with van der Waals surface area (Å²) in [6.45, 7) is 7.63. The highest BCUT2D eigenvalue weighted by molar-refractivity contribution is 6.05. The van der Waals surface area contributed by atoms with Crippen LogP contribution in [0.1, 0.15) is 41.5 Å². The fourth-order valence-corrected chi connectivity index (χ4v) is 2.24. The van der Waals surface area contributed by atoms with Crippen LogP contribution in [0.4, 0.5) is 5.69 Å². The zero-order valence-electron chi connectivity index (χ0n) is 16.0. The van der Waals surface area contributed by atoms with Crippen LogP contribution in [0.5, 0.6) is 5.75 Å². The Labute approximate surface area is 160 Å². The largest absolute Gasteiger partial charge is 0.492 e. The number of rotatable bonds is 7. The zero-order valence-corrected chi connectivity index (χ0v) is 16.0. The number of anilines is 1. The number of hydrogen-bond acceptors (Lipinski definition) is 4. The van der Waals surface area contributed by atoms with Crippen LogP contribution >= 0.6 is 0 Å². The third-order valence-corrected chi connectivity index (χ3v) is 3.69. The number of carbonyl (C=O) groups excluding carboxylic acids is 2. The molecule has 0 atom stereocenters. The average Bonchev–Trinajstić information content (AvgIpc) is 2.65. The van der Waals surface area contributed by atoms with Gasteiger partial charge in [-0.15, -0.1) is 0 Å². The SMILES string of the molecule is CC(C)(C)CNC(=O)c1ccc(C(=O)Nc2ccc(OCCN)cc2)cc1. The van der Waals surface area contributed by atoms with Crippen molar-refractivity contribution in [3.05, 3.63) is 59.7 Å². The molecule has 0 saturated heterocycles. The number of carbonyl (C=O) groups is 2. The highest BCUT2D eigenvalue weighted by Gasteiger charge is 2.14. The third-order valence-electron chi connectivity index (χ3n) is 3.69. The molecule has 2 aromatic carbocycles. The first-order valence-corrected chi connectivity index (χ1v) is 8.91. The average molecular weight is 369 g/mol. The molecule has 27 heavy (non-hydrogen) atoms. The van der Waals surface area contributed by atoms with Gasteiger partial charge in [-0.25, -0.2) is 0 Å². The Morgan fingerprint density at radius 1 is 0.926 bits per heavy atom. The number of nitrogens with two attached hydrogens (primary N) is 1. The minimum Gasteiger partial charge on any atom is -0.492 e. The van der Waals surface area contributed by atoms with Gasteiger partial charge in [0, 0.05) is 29.9 Å². The quantitative estimate of drug-likeness (QED) is 0.699. The Morgan fingerprint density at radius 2 is 1.48 bits per heavy atom. The maximum absolute atomic E-state index is 12.3. The second kappa shape index (κ2) is 9.19. The summed E-state index contributed by atoms with van der Waals surface area (Å²) in [7, 11) is 0. The fourth-order valence-electron chi connectivity index (χ4n) is 2.24. The third kappa shape index (κ3) is 6.75. The van der Waals surface area contributed by atoms with Crippen molar-refractivity contribution < 1.29 is 14.3 Å². The molecule has 0 fully saturated rings. The molecule has 6 heteroatoms. The summed E-state index contributed by atoms with van der Waals surface area (Å²) >= 11 is 0. The lowest BCUT2D eigenvalue weighted by Gasteiger charge is -2.18. The van der Waals surface area contributed by atoms with Crippen molar-refractivity contribution in [2.75, 3.05) is 25.0 Å². The van der Waals surface area contributed by atoms with Crippen LogP contribution in [0.2, 0.25) is 0 Å². The molecule has 0 saturated carbocycles. The van der Waals surface area contributed by atoms with E-state index in [1.54, 1.807) is 48.5 Å². The van der Waals surface area contributed by atoms with Gasteiger partial charge in [-0.2, -0.15) is 0 Å². The fraction of sp³-hybridized carbons (Fsp3) is 0.333. The summed E-state index contributed by atoms with van der Waals surface area (Å²) in [5, 5.41) is 5.70. The van der Waals surface area contributed by atoms with E-state index in [4.69, 9.17) is 10.5 Å². The molecule has 0 heterocycles. The molecule has 0 aliphatic rings. The van der Waals surface area contributed by atoms with Crippen LogP contribution in [0.25, 0.3) is 0 Å². The molecule has 0 bridgehead atoms. The highest BCUT2D eigenvalue weighted by atomic mass is 16.5. The Kier molecular flexibility index (Phi) is 6.96. The standard InChI is InChI=1S/C21H27N3O3/c1-21(2,3)14-23-19(25)15-4-6-16(7-5-15)20(26)24-17-8-10-18(11-9-17)27-13-12-22/h4-11H,12-14,22H2,1-3H3,(H,23,25)(H,24,26). The van der Waals surface area contributed by atoms with Crippen molar-refractivity contribution >= 4 is 17.5 Å². The van der Waals surface area contributed by atoms with Crippen LogP contribution in [0.3, 0.4) is 0 Å². The Bertz CT molecular complexity index is 763. The van der Waals surface area contributed by atoms with Gasteiger partial charge in [-0.1, -0.05) is 20.8 Å². The summed E-state index contributed by atoms with van der Waals surface area (Å²) < 4.78 is 5.40. The Balaban J connectivity index is 1.94. The van der Waals surface area contributed by atoms with E-state index in [2.05, 4.69) is 31.4 Å². The smallest absolute Gasteiger partial charge is 0.255 e. The van der Waals surface area contributed by atoms with Gasteiger partial charge in [0.2, 0.25) is 0 Å². The van der Waals surface area contributed by atoms with E-state index in [9.17, 15) is 9.59 Å². The molecule has 0 radical (unpaired) electrons. The first-order chi connectivity index (χ1) is 12.8. The van der Waals surface area contributed by atoms with Gasteiger partial charge in [0.25, 0.3) is 11.8 Å². The first kappa shape index (κ1) is 20.5. The predicted molar refractivity (Wildman–Crippen MR) is 107 cm³/mol. The monoisotopic (exact) mass is 369 g/mol. The van der Waals surface area contributed by atoms with Crippen LogP contribution in [-0.4, -0.2) is 31.5 Å². The number of hydrogen-bond donors (Lipinski definition) is 3. The van der Waals surface area contributed by atoms with Gasteiger partial charge in [-0.3, -0.25) is 9.59 Å². The number of ether oxygens (including phenoxy) is 1. The second-order valence-electron chi connectivity index (χ2n) is 7.44. The maximum atomic E-state index is 12.3. The summed E-state index contributed by atoms with van der Waals surface area (Å²) in [4.78, 5) is 24.5. The molecule has 2 amide bonds. The Morgan fingerprint density at radius 3 is 2.00 bits per heavy atom. The van der Waals surface area contributed by atoms with E-state index in [0.717, 1.165) is 0 Å². The molecule has 4 N–H and O–H groups in total. The van der Waals surface area contributed by atoms with E-state index >= 15 is 0 Å². The topological polar surface area (TPSA) is 93.5 Å². The number of amides is 2. The van der Waals surface area contributed by atoms with Gasteiger partial charge in [0.1, 0.15) is 12.4 Å². The van der Waals surface area contributed by atoms with Gasteiger partial charge >= 0.3 is 0 Å². The normalized spacial score (nSPS) is 11.0. The van der Waals surface area contributed by atoms with Gasteiger partial charge in [0.05, 0.1) is 0 Å². The van der Waals surface area contributed by atoms with Crippen LogP contribution < -0.4 is 21.1 Å². The second-order valence-corrected chi connectivity index (χ2v) is 7.44. The minimum atomic E-state index is -0.243.